The molecule has 0 aromatic rings. The van der Waals surface area contributed by atoms with E-state index in [0.29, 0.717) is 0 Å². The lowest BCUT2D eigenvalue weighted by Crippen LogP contribution is -2.62. The number of aliphatic hydroxyl groups excluding tert-OH is 7. The molecule has 3 unspecified atom stereocenters. The number of hydrogen-bond acceptors (Lipinski definition) is 10. The average molecular weight is 312 g/mol. The topological polar surface area (TPSA) is 169 Å². The molecule has 0 radical (unpaired) electrons. The first kappa shape index (κ1) is 17.0. The second-order valence-electron chi connectivity index (χ2n) is 5.08. The van der Waals surface area contributed by atoms with Crippen molar-refractivity contribution in [1.29, 1.82) is 0 Å². The van der Waals surface area contributed by atoms with Gasteiger partial charge < -0.3 is 50.0 Å². The Morgan fingerprint density at radius 1 is 0.810 bits per heavy atom. The van der Waals surface area contributed by atoms with Gasteiger partial charge in [0.15, 0.2) is 12.6 Å². The molecule has 9 atom stereocenters. The smallest absolute Gasteiger partial charge is 0.189 e. The van der Waals surface area contributed by atoms with Crippen molar-refractivity contribution in [2.75, 3.05) is 13.2 Å². The maximum atomic E-state index is 9.77. The van der Waals surface area contributed by atoms with E-state index in [2.05, 4.69) is 0 Å². The van der Waals surface area contributed by atoms with Crippen LogP contribution in [-0.2, 0) is 14.2 Å². The maximum Gasteiger partial charge on any atom is 0.189 e. The van der Waals surface area contributed by atoms with Crippen molar-refractivity contribution in [2.24, 2.45) is 0 Å². The van der Waals surface area contributed by atoms with Gasteiger partial charge >= 0.3 is 0 Å². The molecule has 2 saturated heterocycles. The summed E-state index contributed by atoms with van der Waals surface area (Å²) in [5.41, 5.74) is 0. The average Bonchev–Trinajstić information content (AvgIpc) is 2.48. The lowest BCUT2D eigenvalue weighted by molar-refractivity contribution is -0.365. The summed E-state index contributed by atoms with van der Waals surface area (Å²) < 4.78 is 15.2. The van der Waals surface area contributed by atoms with Crippen LogP contribution in [0.1, 0.15) is 0 Å². The molecule has 124 valence electrons. The number of ether oxygens (including phenoxy) is 3. The summed E-state index contributed by atoms with van der Waals surface area (Å²) in [6.07, 6.45) is -13.3. The molecular formula is C11H20O10. The minimum atomic E-state index is -1.65. The fourth-order valence-corrected chi connectivity index (χ4v) is 2.21. The maximum absolute atomic E-state index is 9.77. The minimum absolute atomic E-state index is 0.305. The van der Waals surface area contributed by atoms with Crippen LogP contribution in [0.5, 0.6) is 0 Å². The van der Waals surface area contributed by atoms with Gasteiger partial charge in [-0.3, -0.25) is 0 Å². The van der Waals surface area contributed by atoms with E-state index in [0.717, 1.165) is 0 Å². The van der Waals surface area contributed by atoms with E-state index in [-0.39, 0.29) is 6.61 Å². The molecular weight excluding hydrogens is 292 g/mol. The van der Waals surface area contributed by atoms with Crippen LogP contribution in [-0.4, -0.2) is 104 Å². The third-order valence-electron chi connectivity index (χ3n) is 3.57. The Bertz CT molecular complexity index is 339. The zero-order valence-corrected chi connectivity index (χ0v) is 11.0. The molecule has 2 aliphatic heterocycles. The third-order valence-corrected chi connectivity index (χ3v) is 3.57. The first-order valence-corrected chi connectivity index (χ1v) is 6.48. The highest BCUT2D eigenvalue weighted by atomic mass is 16.8. The number of hydrogen-bond donors (Lipinski definition) is 7. The van der Waals surface area contributed by atoms with Crippen LogP contribution >= 0.6 is 0 Å². The molecule has 21 heavy (non-hydrogen) atoms. The van der Waals surface area contributed by atoms with Crippen molar-refractivity contribution in [2.45, 2.75) is 55.3 Å². The summed E-state index contributed by atoms with van der Waals surface area (Å²) in [4.78, 5) is 0. The van der Waals surface area contributed by atoms with Gasteiger partial charge in [-0.05, 0) is 0 Å². The van der Waals surface area contributed by atoms with Gasteiger partial charge in [0, 0.05) is 0 Å². The number of aliphatic hydroxyl groups is 7. The summed E-state index contributed by atoms with van der Waals surface area (Å²) in [6.45, 7) is -0.930. The third kappa shape index (κ3) is 3.35. The van der Waals surface area contributed by atoms with E-state index in [4.69, 9.17) is 19.3 Å². The molecule has 2 heterocycles. The van der Waals surface area contributed by atoms with Gasteiger partial charge in [-0.2, -0.15) is 0 Å². The van der Waals surface area contributed by atoms with Gasteiger partial charge in [-0.15, -0.1) is 0 Å². The minimum Gasteiger partial charge on any atom is -0.394 e. The summed E-state index contributed by atoms with van der Waals surface area (Å²) in [5, 5.41) is 66.5. The Labute approximate surface area is 119 Å². The summed E-state index contributed by atoms with van der Waals surface area (Å²) in [7, 11) is 0. The zero-order chi connectivity index (χ0) is 15.7. The molecule has 0 aliphatic carbocycles. The largest absolute Gasteiger partial charge is 0.394 e. The fourth-order valence-electron chi connectivity index (χ4n) is 2.21. The molecule has 0 saturated carbocycles. The van der Waals surface area contributed by atoms with E-state index >= 15 is 0 Å². The van der Waals surface area contributed by atoms with Crippen molar-refractivity contribution in [3.05, 3.63) is 0 Å². The van der Waals surface area contributed by atoms with Gasteiger partial charge in [0.2, 0.25) is 0 Å². The first-order chi connectivity index (χ1) is 9.86. The van der Waals surface area contributed by atoms with Gasteiger partial charge in [0.25, 0.3) is 0 Å². The standard InChI is InChI=1S/C11H20O10/c12-1-4-6(15)7(16)9(18)11(20-4)21-10-8(17)5(14)3(13)2-19-10/h3-18H,1-2H2/t3-,4-,5+,6-,7?,8?,9?,10-,11-/m1/s1. The molecule has 0 amide bonds. The van der Waals surface area contributed by atoms with Crippen LogP contribution in [0.2, 0.25) is 0 Å². The molecule has 2 rings (SSSR count). The van der Waals surface area contributed by atoms with Crippen LogP contribution in [0, 0.1) is 0 Å². The molecule has 10 heteroatoms. The van der Waals surface area contributed by atoms with Gasteiger partial charge in [-0.1, -0.05) is 0 Å². The van der Waals surface area contributed by atoms with Crippen molar-refractivity contribution in [3.63, 3.8) is 0 Å². The SMILES string of the molecule is OC[C@H]1O[C@H](O[C@H]2OC[C@@H](O)[C@H](O)C2O)C(O)C(O)[C@@H]1O. The second-order valence-corrected chi connectivity index (χ2v) is 5.08. The van der Waals surface area contributed by atoms with E-state index in [9.17, 15) is 30.6 Å². The molecule has 7 N–H and O–H groups in total. The lowest BCUT2D eigenvalue weighted by atomic mass is 9.99. The van der Waals surface area contributed by atoms with Crippen molar-refractivity contribution >= 4 is 0 Å². The Morgan fingerprint density at radius 3 is 2.05 bits per heavy atom. The van der Waals surface area contributed by atoms with Crippen LogP contribution in [0.15, 0.2) is 0 Å². The first-order valence-electron chi connectivity index (χ1n) is 6.48. The normalized spacial score (nSPS) is 51.9. The predicted molar refractivity (Wildman–Crippen MR) is 62.6 cm³/mol. The Balaban J connectivity index is 2.01. The molecule has 0 bridgehead atoms. The summed E-state index contributed by atoms with van der Waals surface area (Å²) in [6, 6.07) is 0. The molecule has 10 nitrogen and oxygen atoms in total. The van der Waals surface area contributed by atoms with E-state index in [1.165, 1.54) is 0 Å². The second kappa shape index (κ2) is 6.79. The van der Waals surface area contributed by atoms with Crippen LogP contribution in [0.25, 0.3) is 0 Å². The molecule has 0 aromatic heterocycles. The molecule has 2 aliphatic rings. The van der Waals surface area contributed by atoms with Gasteiger partial charge in [0.05, 0.1) is 13.2 Å². The highest BCUT2D eigenvalue weighted by molar-refractivity contribution is 4.90. The molecule has 0 spiro atoms. The summed E-state index contributed by atoms with van der Waals surface area (Å²) in [5.74, 6) is 0. The Morgan fingerprint density at radius 2 is 1.43 bits per heavy atom. The van der Waals surface area contributed by atoms with E-state index < -0.39 is 61.9 Å². The fraction of sp³-hybridized carbons (Fsp3) is 1.00. The lowest BCUT2D eigenvalue weighted by Gasteiger charge is -2.42. The Kier molecular flexibility index (Phi) is 5.48. The van der Waals surface area contributed by atoms with E-state index in [1.807, 2.05) is 0 Å². The Hall–Kier alpha value is -0.400. The van der Waals surface area contributed by atoms with Gasteiger partial charge in [-0.25, -0.2) is 0 Å². The highest BCUT2D eigenvalue weighted by Gasteiger charge is 2.47. The van der Waals surface area contributed by atoms with Crippen molar-refractivity contribution in [3.8, 4) is 0 Å². The predicted octanol–water partition coefficient (Wildman–Crippen LogP) is -4.76. The summed E-state index contributed by atoms with van der Waals surface area (Å²) >= 11 is 0. The zero-order valence-electron chi connectivity index (χ0n) is 11.0. The monoisotopic (exact) mass is 312 g/mol. The van der Waals surface area contributed by atoms with Crippen LogP contribution in [0.3, 0.4) is 0 Å². The highest BCUT2D eigenvalue weighted by Crippen LogP contribution is 2.25. The van der Waals surface area contributed by atoms with Crippen molar-refractivity contribution in [1.82, 2.24) is 0 Å². The van der Waals surface area contributed by atoms with Crippen LogP contribution < -0.4 is 0 Å². The van der Waals surface area contributed by atoms with Crippen LogP contribution in [0.4, 0.5) is 0 Å². The van der Waals surface area contributed by atoms with Crippen molar-refractivity contribution < 1.29 is 50.0 Å². The quantitative estimate of drug-likeness (QED) is 0.268. The number of rotatable bonds is 3. The van der Waals surface area contributed by atoms with E-state index in [1.54, 1.807) is 0 Å². The van der Waals surface area contributed by atoms with Gasteiger partial charge in [0.1, 0.15) is 42.7 Å². The molecule has 0 aromatic carbocycles. The molecule has 2 fully saturated rings.